The molecule has 0 atom stereocenters. The lowest BCUT2D eigenvalue weighted by atomic mass is 10.1. The molecule has 0 bridgehead atoms. The Hall–Kier alpha value is -2.32. The van der Waals surface area contributed by atoms with Gasteiger partial charge in [0.25, 0.3) is 0 Å². The highest BCUT2D eigenvalue weighted by atomic mass is 32.1. The van der Waals surface area contributed by atoms with Crippen molar-refractivity contribution in [2.45, 2.75) is 45.1 Å². The summed E-state index contributed by atoms with van der Waals surface area (Å²) in [6.45, 7) is 3.45. The van der Waals surface area contributed by atoms with Gasteiger partial charge in [0.05, 0.1) is 21.7 Å². The van der Waals surface area contributed by atoms with Gasteiger partial charge in [0.15, 0.2) is 11.6 Å². The summed E-state index contributed by atoms with van der Waals surface area (Å²) in [5.41, 5.74) is -0.767. The third-order valence-corrected chi connectivity index (χ3v) is 5.62. The van der Waals surface area contributed by atoms with Gasteiger partial charge >= 0.3 is 5.97 Å². The molecule has 2 heterocycles. The molecule has 0 unspecified atom stereocenters. The second kappa shape index (κ2) is 10.3. The number of carbonyl (C=O) groups excluding carboxylic acids is 4. The number of hydrogen-bond acceptors (Lipinski definition) is 7. The summed E-state index contributed by atoms with van der Waals surface area (Å²) in [6, 6.07) is 7.04. The molecule has 2 aromatic heterocycles. The first kappa shape index (κ1) is 22.0. The molecule has 0 aliphatic carbocycles. The van der Waals surface area contributed by atoms with E-state index in [1.165, 1.54) is 22.7 Å². The number of ether oxygens (including phenoxy) is 1. The molecule has 0 spiro atoms. The highest BCUT2D eigenvalue weighted by Gasteiger charge is 2.23. The SMILES string of the molecule is CC(C)(COC(=O)CCC(=O)c1cccs1)NC(=O)CCC(=O)c1cccs1. The summed E-state index contributed by atoms with van der Waals surface area (Å²) in [6.07, 6.45) is 0.295. The van der Waals surface area contributed by atoms with Gasteiger partial charge in [-0.15, -0.1) is 22.7 Å². The van der Waals surface area contributed by atoms with Gasteiger partial charge < -0.3 is 10.1 Å². The first-order valence-electron chi connectivity index (χ1n) is 8.87. The first-order valence-corrected chi connectivity index (χ1v) is 10.6. The smallest absolute Gasteiger partial charge is 0.306 e. The number of carbonyl (C=O) groups is 4. The van der Waals surface area contributed by atoms with Crippen LogP contribution in [0.25, 0.3) is 0 Å². The van der Waals surface area contributed by atoms with Crippen molar-refractivity contribution in [1.82, 2.24) is 5.32 Å². The lowest BCUT2D eigenvalue weighted by molar-refractivity contribution is -0.146. The van der Waals surface area contributed by atoms with E-state index in [-0.39, 0.29) is 49.8 Å². The van der Waals surface area contributed by atoms with E-state index in [0.717, 1.165) is 0 Å². The number of nitrogens with one attached hydrogen (secondary N) is 1. The molecule has 0 fully saturated rings. The molecule has 0 radical (unpaired) electrons. The quantitative estimate of drug-likeness (QED) is 0.439. The van der Waals surface area contributed by atoms with E-state index in [4.69, 9.17) is 4.74 Å². The second-order valence-corrected chi connectivity index (χ2v) is 8.79. The molecular weight excluding hydrogens is 398 g/mol. The van der Waals surface area contributed by atoms with Gasteiger partial charge in [0.1, 0.15) is 6.61 Å². The summed E-state index contributed by atoms with van der Waals surface area (Å²) >= 11 is 2.69. The van der Waals surface area contributed by atoms with Crippen LogP contribution in [0.3, 0.4) is 0 Å². The first-order chi connectivity index (χ1) is 13.3. The number of rotatable bonds is 11. The molecule has 0 saturated carbocycles. The maximum atomic E-state index is 12.1. The van der Waals surface area contributed by atoms with E-state index in [2.05, 4.69) is 5.32 Å². The zero-order chi connectivity index (χ0) is 20.6. The van der Waals surface area contributed by atoms with E-state index in [9.17, 15) is 19.2 Å². The van der Waals surface area contributed by atoms with Crippen molar-refractivity contribution in [2.24, 2.45) is 0 Å². The molecule has 6 nitrogen and oxygen atoms in total. The van der Waals surface area contributed by atoms with Crippen molar-refractivity contribution in [3.63, 3.8) is 0 Å². The number of Topliss-reactive ketones (excluding diaryl/α,β-unsaturated/α-hetero) is 2. The van der Waals surface area contributed by atoms with Gasteiger partial charge in [-0.05, 0) is 36.7 Å². The van der Waals surface area contributed by atoms with E-state index >= 15 is 0 Å². The molecule has 28 heavy (non-hydrogen) atoms. The minimum atomic E-state index is -0.767. The molecule has 2 aromatic rings. The van der Waals surface area contributed by atoms with Crippen LogP contribution in [0.2, 0.25) is 0 Å². The lowest BCUT2D eigenvalue weighted by Crippen LogP contribution is -2.47. The molecule has 0 aromatic carbocycles. The van der Waals surface area contributed by atoms with E-state index < -0.39 is 11.5 Å². The molecule has 1 amide bonds. The molecule has 0 aliphatic heterocycles. The summed E-state index contributed by atoms with van der Waals surface area (Å²) in [5.74, 6) is -0.918. The maximum Gasteiger partial charge on any atom is 0.306 e. The van der Waals surface area contributed by atoms with E-state index in [1.54, 1.807) is 38.1 Å². The predicted molar refractivity (Wildman–Crippen MR) is 109 cm³/mol. The third-order valence-electron chi connectivity index (χ3n) is 3.80. The zero-order valence-electron chi connectivity index (χ0n) is 15.9. The Morgan fingerprint density at radius 2 is 1.43 bits per heavy atom. The van der Waals surface area contributed by atoms with Crippen molar-refractivity contribution in [3.8, 4) is 0 Å². The number of esters is 1. The Morgan fingerprint density at radius 3 is 1.93 bits per heavy atom. The minimum absolute atomic E-state index is 0.00389. The zero-order valence-corrected chi connectivity index (χ0v) is 17.5. The van der Waals surface area contributed by atoms with E-state index in [1.807, 2.05) is 10.8 Å². The van der Waals surface area contributed by atoms with Crippen molar-refractivity contribution in [1.29, 1.82) is 0 Å². The fourth-order valence-electron chi connectivity index (χ4n) is 2.37. The fourth-order valence-corrected chi connectivity index (χ4v) is 3.76. The average Bonchev–Trinajstić information content (AvgIpc) is 3.35. The largest absolute Gasteiger partial charge is 0.463 e. The summed E-state index contributed by atoms with van der Waals surface area (Å²) < 4.78 is 5.19. The normalized spacial score (nSPS) is 11.1. The molecule has 2 rings (SSSR count). The highest BCUT2D eigenvalue weighted by molar-refractivity contribution is 7.12. The molecule has 150 valence electrons. The highest BCUT2D eigenvalue weighted by Crippen LogP contribution is 2.14. The van der Waals surface area contributed by atoms with Gasteiger partial charge in [-0.1, -0.05) is 12.1 Å². The van der Waals surface area contributed by atoms with Gasteiger partial charge in [-0.3, -0.25) is 19.2 Å². The Bertz CT molecular complexity index is 810. The Labute approximate surface area is 171 Å². The number of hydrogen-bond donors (Lipinski definition) is 1. The van der Waals surface area contributed by atoms with Crippen LogP contribution in [0.4, 0.5) is 0 Å². The number of amides is 1. The van der Waals surface area contributed by atoms with Crippen molar-refractivity contribution in [2.75, 3.05) is 6.61 Å². The van der Waals surface area contributed by atoms with Crippen LogP contribution >= 0.6 is 22.7 Å². The maximum absolute atomic E-state index is 12.1. The predicted octanol–water partition coefficient (Wildman–Crippen LogP) is 3.87. The molecule has 1 N–H and O–H groups in total. The summed E-state index contributed by atoms with van der Waals surface area (Å²) in [5, 5.41) is 6.40. The van der Waals surface area contributed by atoms with Gasteiger partial charge in [0.2, 0.25) is 5.91 Å². The minimum Gasteiger partial charge on any atom is -0.463 e. The third kappa shape index (κ3) is 7.36. The van der Waals surface area contributed by atoms with Crippen molar-refractivity contribution >= 4 is 46.1 Å². The molecule has 0 aliphatic rings. The van der Waals surface area contributed by atoms with Crippen LogP contribution in [0.5, 0.6) is 0 Å². The Morgan fingerprint density at radius 1 is 0.893 bits per heavy atom. The van der Waals surface area contributed by atoms with Gasteiger partial charge in [0, 0.05) is 19.3 Å². The monoisotopic (exact) mass is 421 g/mol. The van der Waals surface area contributed by atoms with Gasteiger partial charge in [-0.2, -0.15) is 0 Å². The molecule has 8 heteroatoms. The number of ketones is 2. The van der Waals surface area contributed by atoms with Crippen molar-refractivity contribution < 1.29 is 23.9 Å². The van der Waals surface area contributed by atoms with Crippen LogP contribution in [0.1, 0.15) is 58.9 Å². The van der Waals surface area contributed by atoms with E-state index in [0.29, 0.717) is 9.75 Å². The van der Waals surface area contributed by atoms with Crippen LogP contribution < -0.4 is 5.32 Å². The second-order valence-electron chi connectivity index (χ2n) is 6.89. The van der Waals surface area contributed by atoms with Crippen LogP contribution in [-0.4, -0.2) is 35.6 Å². The molecular formula is C20H23NO5S2. The van der Waals surface area contributed by atoms with Crippen LogP contribution in [0.15, 0.2) is 35.0 Å². The lowest BCUT2D eigenvalue weighted by Gasteiger charge is -2.25. The van der Waals surface area contributed by atoms with Crippen molar-refractivity contribution in [3.05, 3.63) is 44.8 Å². The molecule has 0 saturated heterocycles. The Balaban J connectivity index is 1.67. The average molecular weight is 422 g/mol. The fraction of sp³-hybridized carbons (Fsp3) is 0.400. The topological polar surface area (TPSA) is 89.5 Å². The summed E-state index contributed by atoms with van der Waals surface area (Å²) in [7, 11) is 0. The number of thiophene rings is 2. The Kier molecular flexibility index (Phi) is 8.07. The standard InChI is InChI=1S/C20H23NO5S2/c1-20(2,21-18(24)9-7-14(22)16-5-3-11-27-16)13-26-19(25)10-8-15(23)17-6-4-12-28-17/h3-6,11-12H,7-10,13H2,1-2H3,(H,21,24). The summed E-state index contributed by atoms with van der Waals surface area (Å²) in [4.78, 5) is 49.0. The van der Waals surface area contributed by atoms with Crippen LogP contribution in [-0.2, 0) is 14.3 Å². The van der Waals surface area contributed by atoms with Gasteiger partial charge in [-0.25, -0.2) is 0 Å². The van der Waals surface area contributed by atoms with Crippen LogP contribution in [0, 0.1) is 0 Å².